The molecule has 0 radical (unpaired) electrons. The average Bonchev–Trinajstić information content (AvgIpc) is 2.61. The van der Waals surface area contributed by atoms with Crippen LogP contribution in [0.15, 0.2) is 23.1 Å². The summed E-state index contributed by atoms with van der Waals surface area (Å²) in [6.45, 7) is 5.28. The summed E-state index contributed by atoms with van der Waals surface area (Å²) in [5, 5.41) is 0. The number of morpholine rings is 1. The van der Waals surface area contributed by atoms with Crippen molar-refractivity contribution in [1.82, 2.24) is 14.8 Å². The van der Waals surface area contributed by atoms with Gasteiger partial charge in [-0.15, -0.1) is 0 Å². The Morgan fingerprint density at radius 2 is 2.09 bits per heavy atom. The summed E-state index contributed by atoms with van der Waals surface area (Å²) in [4.78, 5) is 31.5. The molecule has 2 aliphatic heterocycles. The van der Waals surface area contributed by atoms with E-state index >= 15 is 0 Å². The maximum Gasteiger partial charge on any atom is 0.260 e. The third-order valence-corrected chi connectivity index (χ3v) is 4.82. The number of aromatic nitrogens is 1. The van der Waals surface area contributed by atoms with E-state index in [1.165, 1.54) is 0 Å². The van der Waals surface area contributed by atoms with Crippen LogP contribution < -0.4 is 5.56 Å². The van der Waals surface area contributed by atoms with Crippen LogP contribution in [0.25, 0.3) is 0 Å². The van der Waals surface area contributed by atoms with Crippen LogP contribution in [0.5, 0.6) is 0 Å². The van der Waals surface area contributed by atoms with E-state index in [9.17, 15) is 9.59 Å². The molecule has 1 aromatic rings. The normalized spacial score (nSPS) is 23.0. The van der Waals surface area contributed by atoms with Crippen LogP contribution in [0.4, 0.5) is 0 Å². The van der Waals surface area contributed by atoms with Gasteiger partial charge < -0.3 is 14.6 Å². The highest BCUT2D eigenvalue weighted by atomic mass is 16.5. The number of piperidine rings is 1. The van der Waals surface area contributed by atoms with Crippen molar-refractivity contribution in [2.24, 2.45) is 0 Å². The Morgan fingerprint density at radius 3 is 2.87 bits per heavy atom. The third kappa shape index (κ3) is 4.00. The zero-order valence-electron chi connectivity index (χ0n) is 13.5. The number of hydrogen-bond acceptors (Lipinski definition) is 4. The number of H-pyrrole nitrogens is 1. The van der Waals surface area contributed by atoms with Crippen molar-refractivity contribution in [3.05, 3.63) is 34.2 Å². The van der Waals surface area contributed by atoms with Gasteiger partial charge in [-0.1, -0.05) is 0 Å². The number of carbonyl (C=O) groups excluding carboxylic acids is 1. The summed E-state index contributed by atoms with van der Waals surface area (Å²) in [7, 11) is 0. The molecule has 6 nitrogen and oxygen atoms in total. The van der Waals surface area contributed by atoms with Crippen LogP contribution in [0, 0.1) is 0 Å². The topological polar surface area (TPSA) is 65.6 Å². The maximum atomic E-state index is 12.8. The van der Waals surface area contributed by atoms with Crippen molar-refractivity contribution in [3.63, 3.8) is 0 Å². The average molecular weight is 319 g/mol. The Labute approximate surface area is 136 Å². The number of carbonyl (C=O) groups is 1. The molecule has 1 aromatic heterocycles. The summed E-state index contributed by atoms with van der Waals surface area (Å²) >= 11 is 0. The second-order valence-corrected chi connectivity index (χ2v) is 6.30. The van der Waals surface area contributed by atoms with Gasteiger partial charge in [-0.25, -0.2) is 0 Å². The number of hydrogen-bond donors (Lipinski definition) is 1. The van der Waals surface area contributed by atoms with Gasteiger partial charge in [0.2, 0.25) is 0 Å². The number of nitrogens with zero attached hydrogens (tertiary/aromatic N) is 2. The Morgan fingerprint density at radius 1 is 1.26 bits per heavy atom. The van der Waals surface area contributed by atoms with E-state index in [-0.39, 0.29) is 23.1 Å². The molecule has 2 saturated heterocycles. The molecular weight excluding hydrogens is 294 g/mol. The number of rotatable bonds is 4. The van der Waals surface area contributed by atoms with Gasteiger partial charge in [-0.3, -0.25) is 14.5 Å². The summed E-state index contributed by atoms with van der Waals surface area (Å²) in [6, 6.07) is 3.56. The molecule has 0 aliphatic carbocycles. The predicted octanol–water partition coefficient (Wildman–Crippen LogP) is 1.09. The Kier molecular flexibility index (Phi) is 5.46. The highest BCUT2D eigenvalue weighted by Gasteiger charge is 2.29. The minimum absolute atomic E-state index is 0.126. The molecule has 2 fully saturated rings. The number of aromatic amines is 1. The van der Waals surface area contributed by atoms with Crippen LogP contribution >= 0.6 is 0 Å². The molecular formula is C17H25N3O3. The highest BCUT2D eigenvalue weighted by molar-refractivity contribution is 5.94. The summed E-state index contributed by atoms with van der Waals surface area (Å²) in [5.74, 6) is -0.126. The van der Waals surface area contributed by atoms with Crippen molar-refractivity contribution >= 4 is 5.91 Å². The lowest BCUT2D eigenvalue weighted by molar-refractivity contribution is 0.0295. The molecule has 6 heteroatoms. The summed E-state index contributed by atoms with van der Waals surface area (Å²) in [6.07, 6.45) is 5.73. The van der Waals surface area contributed by atoms with Crippen LogP contribution in [-0.2, 0) is 4.74 Å². The van der Waals surface area contributed by atoms with E-state index in [2.05, 4.69) is 9.88 Å². The molecule has 0 bridgehead atoms. The van der Waals surface area contributed by atoms with Gasteiger partial charge in [-0.2, -0.15) is 0 Å². The number of nitrogens with one attached hydrogen (secondary N) is 1. The predicted molar refractivity (Wildman–Crippen MR) is 87.6 cm³/mol. The second-order valence-electron chi connectivity index (χ2n) is 6.30. The number of amides is 1. The standard InChI is InChI=1S/C17H25N3O3/c21-16-15(5-3-7-18-16)17(22)20-8-2-1-4-14(20)6-9-19-10-12-23-13-11-19/h3,5,7,14H,1-2,4,6,8-13H2,(H,18,21). The van der Waals surface area contributed by atoms with Crippen LogP contribution in [0.2, 0.25) is 0 Å². The first-order valence-corrected chi connectivity index (χ1v) is 8.54. The molecule has 3 rings (SSSR count). The van der Waals surface area contributed by atoms with Crippen molar-refractivity contribution in [2.75, 3.05) is 39.4 Å². The highest BCUT2D eigenvalue weighted by Crippen LogP contribution is 2.21. The molecule has 0 spiro atoms. The van der Waals surface area contributed by atoms with Gasteiger partial charge in [-0.05, 0) is 37.8 Å². The van der Waals surface area contributed by atoms with Crippen molar-refractivity contribution in [1.29, 1.82) is 0 Å². The SMILES string of the molecule is O=C(c1ccc[nH]c1=O)N1CCCCC1CCN1CCOCC1. The fraction of sp³-hybridized carbons (Fsp3) is 0.647. The second kappa shape index (κ2) is 7.75. The van der Waals surface area contributed by atoms with Crippen molar-refractivity contribution in [3.8, 4) is 0 Å². The fourth-order valence-electron chi connectivity index (χ4n) is 3.47. The van der Waals surface area contributed by atoms with E-state index in [0.29, 0.717) is 0 Å². The minimum atomic E-state index is -0.296. The fourth-order valence-corrected chi connectivity index (χ4v) is 3.47. The molecule has 23 heavy (non-hydrogen) atoms. The van der Waals surface area contributed by atoms with Gasteiger partial charge >= 0.3 is 0 Å². The van der Waals surface area contributed by atoms with Gasteiger partial charge in [0.25, 0.3) is 11.5 Å². The molecule has 1 atom stereocenters. The zero-order valence-corrected chi connectivity index (χ0v) is 13.5. The van der Waals surface area contributed by atoms with Crippen LogP contribution in [0.3, 0.4) is 0 Å². The van der Waals surface area contributed by atoms with E-state index < -0.39 is 0 Å². The van der Waals surface area contributed by atoms with Gasteiger partial charge in [0.1, 0.15) is 5.56 Å². The summed E-state index contributed by atoms with van der Waals surface area (Å²) < 4.78 is 5.38. The molecule has 3 heterocycles. The van der Waals surface area contributed by atoms with Crippen molar-refractivity contribution in [2.45, 2.75) is 31.7 Å². The van der Waals surface area contributed by atoms with E-state index in [4.69, 9.17) is 4.74 Å². The molecule has 1 unspecified atom stereocenters. The van der Waals surface area contributed by atoms with Gasteiger partial charge in [0.05, 0.1) is 13.2 Å². The van der Waals surface area contributed by atoms with E-state index in [0.717, 1.165) is 65.1 Å². The van der Waals surface area contributed by atoms with Gasteiger partial charge in [0.15, 0.2) is 0 Å². The first-order valence-electron chi connectivity index (χ1n) is 8.54. The monoisotopic (exact) mass is 319 g/mol. The Hall–Kier alpha value is -1.66. The molecule has 2 aliphatic rings. The first kappa shape index (κ1) is 16.2. The number of likely N-dealkylation sites (tertiary alicyclic amines) is 1. The molecule has 1 amide bonds. The van der Waals surface area contributed by atoms with Crippen LogP contribution in [0.1, 0.15) is 36.0 Å². The quantitative estimate of drug-likeness (QED) is 0.902. The lowest BCUT2D eigenvalue weighted by Crippen LogP contribution is -2.47. The minimum Gasteiger partial charge on any atom is -0.379 e. The molecule has 1 N–H and O–H groups in total. The molecule has 126 valence electrons. The summed E-state index contributed by atoms with van der Waals surface area (Å²) in [5.41, 5.74) is -0.0409. The maximum absolute atomic E-state index is 12.8. The zero-order chi connectivity index (χ0) is 16.1. The Bertz CT molecular complexity index is 580. The van der Waals surface area contributed by atoms with Crippen LogP contribution in [-0.4, -0.2) is 66.1 Å². The lowest BCUT2D eigenvalue weighted by atomic mass is 9.98. The third-order valence-electron chi connectivity index (χ3n) is 4.82. The lowest BCUT2D eigenvalue weighted by Gasteiger charge is -2.37. The smallest absolute Gasteiger partial charge is 0.260 e. The molecule has 0 aromatic carbocycles. The number of pyridine rings is 1. The molecule has 0 saturated carbocycles. The van der Waals surface area contributed by atoms with Gasteiger partial charge in [0, 0.05) is 38.4 Å². The van der Waals surface area contributed by atoms with Crippen molar-refractivity contribution < 1.29 is 9.53 Å². The van der Waals surface area contributed by atoms with E-state index in [1.54, 1.807) is 18.3 Å². The van der Waals surface area contributed by atoms with E-state index in [1.807, 2.05) is 4.90 Å². The first-order chi connectivity index (χ1) is 11.3. The Balaban J connectivity index is 1.65. The number of ether oxygens (including phenoxy) is 1. The largest absolute Gasteiger partial charge is 0.379 e.